The first-order valence-electron chi connectivity index (χ1n) is 12.4. The van der Waals surface area contributed by atoms with Crippen LogP contribution >= 0.6 is 0 Å². The number of hydrogen-bond donors (Lipinski definition) is 1. The number of carbonyl (C=O) groups is 1. The summed E-state index contributed by atoms with van der Waals surface area (Å²) in [6, 6.07) is 4.63. The molecule has 186 valence electrons. The summed E-state index contributed by atoms with van der Waals surface area (Å²) in [5, 5.41) is 3.26. The molecular weight excluding hydrogens is 436 g/mol. The molecule has 2 fully saturated rings. The summed E-state index contributed by atoms with van der Waals surface area (Å²) in [4.78, 5) is 17.4. The maximum Gasteiger partial charge on any atom is 0.243 e. The topological polar surface area (TPSA) is 73.0 Å². The van der Waals surface area contributed by atoms with E-state index in [0.29, 0.717) is 43.2 Å². The lowest BCUT2D eigenvalue weighted by molar-refractivity contribution is -0.131. The third kappa shape index (κ3) is 6.35. The largest absolute Gasteiger partial charge is 0.340 e. The number of rotatable bonds is 8. The molecule has 0 bridgehead atoms. The number of piperidine rings is 1. The molecule has 2 aliphatic heterocycles. The number of amides is 1. The van der Waals surface area contributed by atoms with Crippen molar-refractivity contribution >= 4 is 15.9 Å². The highest BCUT2D eigenvalue weighted by molar-refractivity contribution is 7.89. The number of nitrogens with zero attached hydrogens (tertiary/aromatic N) is 3. The molecule has 3 rings (SSSR count). The van der Waals surface area contributed by atoms with Crippen LogP contribution in [0.25, 0.3) is 0 Å². The van der Waals surface area contributed by atoms with Gasteiger partial charge in [-0.3, -0.25) is 9.69 Å². The normalized spacial score (nSPS) is 22.7. The molecule has 0 radical (unpaired) electrons. The number of carbonyl (C=O) groups excluding carboxylic acids is 1. The lowest BCUT2D eigenvalue weighted by Crippen LogP contribution is -2.49. The molecule has 2 aliphatic rings. The minimum absolute atomic E-state index is 0.0354. The van der Waals surface area contributed by atoms with Crippen LogP contribution < -0.4 is 5.32 Å². The maximum atomic E-state index is 13.8. The van der Waals surface area contributed by atoms with Gasteiger partial charge in [-0.2, -0.15) is 4.31 Å². The Hall–Kier alpha value is -1.48. The van der Waals surface area contributed by atoms with Crippen molar-refractivity contribution < 1.29 is 13.2 Å². The molecule has 7 nitrogen and oxygen atoms in total. The van der Waals surface area contributed by atoms with E-state index in [0.717, 1.165) is 42.6 Å². The molecule has 2 atom stereocenters. The molecule has 2 saturated heterocycles. The fourth-order valence-electron chi connectivity index (χ4n) is 5.14. The Kier molecular flexibility index (Phi) is 8.95. The summed E-state index contributed by atoms with van der Waals surface area (Å²) in [5.74, 6) is 0.0354. The van der Waals surface area contributed by atoms with Crippen molar-refractivity contribution in [3.05, 3.63) is 28.8 Å². The van der Waals surface area contributed by atoms with Crippen molar-refractivity contribution in [2.24, 2.45) is 0 Å². The van der Waals surface area contributed by atoms with Crippen LogP contribution in [0.4, 0.5) is 0 Å². The van der Waals surface area contributed by atoms with Crippen LogP contribution in [0.5, 0.6) is 0 Å². The molecule has 33 heavy (non-hydrogen) atoms. The minimum atomic E-state index is -3.71. The van der Waals surface area contributed by atoms with Gasteiger partial charge in [-0.05, 0) is 70.2 Å². The van der Waals surface area contributed by atoms with Crippen LogP contribution in [0, 0.1) is 20.8 Å². The van der Waals surface area contributed by atoms with Gasteiger partial charge < -0.3 is 10.2 Å². The van der Waals surface area contributed by atoms with Gasteiger partial charge in [0.1, 0.15) is 0 Å². The van der Waals surface area contributed by atoms with Crippen LogP contribution in [0.15, 0.2) is 17.0 Å². The monoisotopic (exact) mass is 478 g/mol. The van der Waals surface area contributed by atoms with E-state index in [1.807, 2.05) is 31.7 Å². The standard InChI is InChI=1S/C25H42N4O3S/c1-19-17-21(3)24(18-20(19)2)33(31,32)28(12-9-25(30)27-13-10-26-11-14-27)15-16-29-22(4)7-6-8-23(29)5/h17-18,22-23,26H,6-16H2,1-5H3/t22-,23+. The highest BCUT2D eigenvalue weighted by atomic mass is 32.2. The lowest BCUT2D eigenvalue weighted by atomic mass is 9.98. The fourth-order valence-corrected chi connectivity index (χ4v) is 6.86. The number of hydrogen-bond acceptors (Lipinski definition) is 5. The maximum absolute atomic E-state index is 13.8. The second-order valence-corrected chi connectivity index (χ2v) is 11.8. The van der Waals surface area contributed by atoms with E-state index in [9.17, 15) is 13.2 Å². The Morgan fingerprint density at radius 3 is 2.24 bits per heavy atom. The van der Waals surface area contributed by atoms with Crippen LogP contribution in [0.3, 0.4) is 0 Å². The Balaban J connectivity index is 1.80. The molecule has 0 aromatic heterocycles. The first kappa shape index (κ1) is 26.1. The summed E-state index contributed by atoms with van der Waals surface area (Å²) in [5.41, 5.74) is 2.81. The third-order valence-corrected chi connectivity index (χ3v) is 9.48. The quantitative estimate of drug-likeness (QED) is 0.622. The van der Waals surface area contributed by atoms with E-state index < -0.39 is 10.0 Å². The zero-order chi connectivity index (χ0) is 24.2. The number of aryl methyl sites for hydroxylation is 3. The van der Waals surface area contributed by atoms with Crippen LogP contribution in [0.2, 0.25) is 0 Å². The van der Waals surface area contributed by atoms with Gasteiger partial charge in [-0.25, -0.2) is 8.42 Å². The SMILES string of the molecule is Cc1cc(C)c(S(=O)(=O)N(CCC(=O)N2CCNCC2)CCN2[C@H](C)CCC[C@@H]2C)cc1C. The number of benzene rings is 1. The van der Waals surface area contributed by atoms with Crippen molar-refractivity contribution in [3.63, 3.8) is 0 Å². The van der Waals surface area contributed by atoms with E-state index in [4.69, 9.17) is 0 Å². The van der Waals surface area contributed by atoms with Gasteiger partial charge in [-0.15, -0.1) is 0 Å². The predicted octanol–water partition coefficient (Wildman–Crippen LogP) is 2.69. The molecule has 1 N–H and O–H groups in total. The van der Waals surface area contributed by atoms with Crippen molar-refractivity contribution in [1.82, 2.24) is 19.4 Å². The van der Waals surface area contributed by atoms with Gasteiger partial charge in [0.05, 0.1) is 4.90 Å². The Labute approximate surface area is 200 Å². The van der Waals surface area contributed by atoms with Gasteiger partial charge in [0.2, 0.25) is 15.9 Å². The lowest BCUT2D eigenvalue weighted by Gasteiger charge is -2.40. The second kappa shape index (κ2) is 11.3. The minimum Gasteiger partial charge on any atom is -0.340 e. The summed E-state index contributed by atoms with van der Waals surface area (Å²) in [6.45, 7) is 14.5. The number of likely N-dealkylation sites (tertiary alicyclic amines) is 1. The smallest absolute Gasteiger partial charge is 0.243 e. The molecular formula is C25H42N4O3S. The molecule has 1 amide bonds. The first-order chi connectivity index (χ1) is 15.6. The zero-order valence-electron chi connectivity index (χ0n) is 21.1. The average Bonchev–Trinajstić information content (AvgIpc) is 2.78. The summed E-state index contributed by atoms with van der Waals surface area (Å²) >= 11 is 0. The molecule has 1 aromatic rings. The van der Waals surface area contributed by atoms with Gasteiger partial charge in [0, 0.05) is 64.3 Å². The first-order valence-corrected chi connectivity index (χ1v) is 13.9. The number of sulfonamides is 1. The van der Waals surface area contributed by atoms with Gasteiger partial charge in [-0.1, -0.05) is 12.5 Å². The zero-order valence-corrected chi connectivity index (χ0v) is 21.9. The Morgan fingerprint density at radius 1 is 1.00 bits per heavy atom. The average molecular weight is 479 g/mol. The van der Waals surface area contributed by atoms with E-state index in [-0.39, 0.29) is 18.9 Å². The van der Waals surface area contributed by atoms with E-state index in [2.05, 4.69) is 24.1 Å². The van der Waals surface area contributed by atoms with Gasteiger partial charge in [0.25, 0.3) is 0 Å². The van der Waals surface area contributed by atoms with Gasteiger partial charge >= 0.3 is 0 Å². The van der Waals surface area contributed by atoms with E-state index in [1.54, 1.807) is 10.4 Å². The molecule has 0 spiro atoms. The highest BCUT2D eigenvalue weighted by Gasteiger charge is 2.31. The highest BCUT2D eigenvalue weighted by Crippen LogP contribution is 2.26. The van der Waals surface area contributed by atoms with Crippen molar-refractivity contribution in [2.75, 3.05) is 45.8 Å². The second-order valence-electron chi connectivity index (χ2n) is 9.85. The molecule has 1 aromatic carbocycles. The fraction of sp³-hybridized carbons (Fsp3) is 0.720. The Morgan fingerprint density at radius 2 is 1.61 bits per heavy atom. The third-order valence-electron chi connectivity index (χ3n) is 7.44. The van der Waals surface area contributed by atoms with E-state index in [1.165, 1.54) is 6.42 Å². The molecule has 0 aliphatic carbocycles. The van der Waals surface area contributed by atoms with Crippen molar-refractivity contribution in [2.45, 2.75) is 77.3 Å². The molecule has 8 heteroatoms. The van der Waals surface area contributed by atoms with Gasteiger partial charge in [0.15, 0.2) is 0 Å². The van der Waals surface area contributed by atoms with Crippen molar-refractivity contribution in [1.29, 1.82) is 0 Å². The molecule has 0 unspecified atom stereocenters. The van der Waals surface area contributed by atoms with Crippen LogP contribution in [0.1, 0.15) is 56.2 Å². The number of piperazine rings is 1. The predicted molar refractivity (Wildman–Crippen MR) is 133 cm³/mol. The molecule has 2 heterocycles. The molecule has 0 saturated carbocycles. The summed E-state index contributed by atoms with van der Waals surface area (Å²) in [6.07, 6.45) is 3.74. The Bertz CT molecular complexity index is 918. The number of nitrogens with one attached hydrogen (secondary N) is 1. The van der Waals surface area contributed by atoms with Crippen molar-refractivity contribution in [3.8, 4) is 0 Å². The van der Waals surface area contributed by atoms with Crippen LogP contribution in [-0.4, -0.2) is 86.3 Å². The summed E-state index contributed by atoms with van der Waals surface area (Å²) < 4.78 is 29.2. The van der Waals surface area contributed by atoms with Crippen LogP contribution in [-0.2, 0) is 14.8 Å². The van der Waals surface area contributed by atoms with E-state index >= 15 is 0 Å². The summed E-state index contributed by atoms with van der Waals surface area (Å²) in [7, 11) is -3.71.